The molecule has 0 amide bonds. The maximum atomic E-state index is 4.61. The average molecular weight is 350 g/mol. The van der Waals surface area contributed by atoms with E-state index in [4.69, 9.17) is 0 Å². The molecule has 3 aromatic rings. The first-order valence-electron chi connectivity index (χ1n) is 9.60. The summed E-state index contributed by atoms with van der Waals surface area (Å²) < 4.78 is 0. The number of benzene rings is 3. The van der Waals surface area contributed by atoms with Gasteiger partial charge in [-0.1, -0.05) is 72.8 Å². The molecule has 2 heteroatoms. The summed E-state index contributed by atoms with van der Waals surface area (Å²) in [5.41, 5.74) is 6.13. The zero-order valence-corrected chi connectivity index (χ0v) is 15.1. The minimum Gasteiger partial charge on any atom is -0.378 e. The summed E-state index contributed by atoms with van der Waals surface area (Å²) in [7, 11) is 0. The monoisotopic (exact) mass is 350 g/mol. The smallest absolute Gasteiger partial charge is 0.0630 e. The number of rotatable bonds is 3. The molecule has 0 radical (unpaired) electrons. The molecule has 1 N–H and O–H groups in total. The van der Waals surface area contributed by atoms with Gasteiger partial charge in [0.05, 0.1) is 11.7 Å². The molecule has 0 spiro atoms. The van der Waals surface area contributed by atoms with E-state index in [-0.39, 0.29) is 0 Å². The van der Waals surface area contributed by atoms with Gasteiger partial charge in [-0.25, -0.2) is 0 Å². The van der Waals surface area contributed by atoms with E-state index in [1.807, 2.05) is 24.4 Å². The SMILES string of the molecule is C1=C[C@@H]2c3ccccc3N[C@@H](c3ccc(N=Cc4ccccc4)cc3)[C@H]2C1. The highest BCUT2D eigenvalue weighted by molar-refractivity contribution is 5.81. The third kappa shape index (κ3) is 3.08. The molecule has 1 aliphatic heterocycles. The largest absolute Gasteiger partial charge is 0.378 e. The molecule has 3 atom stereocenters. The van der Waals surface area contributed by atoms with Crippen molar-refractivity contribution in [2.24, 2.45) is 10.9 Å². The van der Waals surface area contributed by atoms with Crippen molar-refractivity contribution in [2.75, 3.05) is 5.32 Å². The highest BCUT2D eigenvalue weighted by atomic mass is 15.0. The first-order valence-corrected chi connectivity index (χ1v) is 9.60. The van der Waals surface area contributed by atoms with Crippen LogP contribution in [0.25, 0.3) is 0 Å². The summed E-state index contributed by atoms with van der Waals surface area (Å²) in [6.07, 6.45) is 7.77. The van der Waals surface area contributed by atoms with Crippen LogP contribution in [0.5, 0.6) is 0 Å². The van der Waals surface area contributed by atoms with Crippen LogP contribution < -0.4 is 5.32 Å². The highest BCUT2D eigenvalue weighted by Crippen LogP contribution is 2.49. The summed E-state index contributed by atoms with van der Waals surface area (Å²) in [6.45, 7) is 0. The van der Waals surface area contributed by atoms with E-state index in [0.29, 0.717) is 17.9 Å². The zero-order chi connectivity index (χ0) is 18.1. The molecule has 0 saturated carbocycles. The summed E-state index contributed by atoms with van der Waals surface area (Å²) >= 11 is 0. The van der Waals surface area contributed by atoms with E-state index in [1.54, 1.807) is 0 Å². The summed E-state index contributed by atoms with van der Waals surface area (Å²) in [6, 6.07) is 27.9. The lowest BCUT2D eigenvalue weighted by Crippen LogP contribution is -2.28. The molecule has 5 rings (SSSR count). The van der Waals surface area contributed by atoms with Crippen LogP contribution in [-0.4, -0.2) is 6.21 Å². The Morgan fingerprint density at radius 3 is 2.48 bits per heavy atom. The fourth-order valence-corrected chi connectivity index (χ4v) is 4.33. The molecule has 1 aliphatic carbocycles. The van der Waals surface area contributed by atoms with Crippen LogP contribution in [0.2, 0.25) is 0 Å². The zero-order valence-electron chi connectivity index (χ0n) is 15.1. The molecular formula is C25H22N2. The van der Waals surface area contributed by atoms with Gasteiger partial charge in [-0.05, 0) is 47.2 Å². The Bertz CT molecular complexity index is 986. The molecule has 2 nitrogen and oxygen atoms in total. The number of aliphatic imine (C=N–C) groups is 1. The fourth-order valence-electron chi connectivity index (χ4n) is 4.33. The van der Waals surface area contributed by atoms with E-state index < -0.39 is 0 Å². The Labute approximate surface area is 160 Å². The van der Waals surface area contributed by atoms with Crippen LogP contribution in [0.4, 0.5) is 11.4 Å². The van der Waals surface area contributed by atoms with Crippen molar-refractivity contribution >= 4 is 17.6 Å². The molecule has 0 unspecified atom stereocenters. The van der Waals surface area contributed by atoms with Gasteiger partial charge in [-0.15, -0.1) is 0 Å². The van der Waals surface area contributed by atoms with Gasteiger partial charge in [-0.2, -0.15) is 0 Å². The number of hydrogen-bond acceptors (Lipinski definition) is 2. The van der Waals surface area contributed by atoms with Crippen LogP contribution >= 0.6 is 0 Å². The van der Waals surface area contributed by atoms with Crippen molar-refractivity contribution in [1.29, 1.82) is 0 Å². The predicted octanol–water partition coefficient (Wildman–Crippen LogP) is 6.26. The van der Waals surface area contributed by atoms with Gasteiger partial charge in [0.1, 0.15) is 0 Å². The molecular weight excluding hydrogens is 328 g/mol. The quantitative estimate of drug-likeness (QED) is 0.437. The summed E-state index contributed by atoms with van der Waals surface area (Å²) in [5, 5.41) is 3.78. The summed E-state index contributed by atoms with van der Waals surface area (Å²) in [4.78, 5) is 4.61. The molecule has 27 heavy (non-hydrogen) atoms. The number of nitrogens with one attached hydrogen (secondary N) is 1. The van der Waals surface area contributed by atoms with Crippen molar-refractivity contribution in [3.8, 4) is 0 Å². The molecule has 1 heterocycles. The number of nitrogens with zero attached hydrogens (tertiary/aromatic N) is 1. The van der Waals surface area contributed by atoms with Crippen molar-refractivity contribution in [3.05, 3.63) is 108 Å². The van der Waals surface area contributed by atoms with Crippen LogP contribution in [0.15, 0.2) is 96.0 Å². The Morgan fingerprint density at radius 2 is 1.63 bits per heavy atom. The molecule has 0 saturated heterocycles. The van der Waals surface area contributed by atoms with Gasteiger partial charge in [-0.3, -0.25) is 4.99 Å². The van der Waals surface area contributed by atoms with Crippen molar-refractivity contribution in [2.45, 2.75) is 18.4 Å². The van der Waals surface area contributed by atoms with Crippen LogP contribution in [0.3, 0.4) is 0 Å². The molecule has 2 aliphatic rings. The van der Waals surface area contributed by atoms with Gasteiger partial charge in [0.2, 0.25) is 0 Å². The van der Waals surface area contributed by atoms with Gasteiger partial charge in [0, 0.05) is 17.8 Å². The Kier molecular flexibility index (Phi) is 4.10. The molecule has 0 fully saturated rings. The van der Waals surface area contributed by atoms with E-state index in [9.17, 15) is 0 Å². The number of para-hydroxylation sites is 1. The summed E-state index contributed by atoms with van der Waals surface area (Å²) in [5.74, 6) is 1.10. The second-order valence-corrected chi connectivity index (χ2v) is 7.32. The number of fused-ring (bicyclic) bond motifs is 3. The van der Waals surface area contributed by atoms with Crippen molar-refractivity contribution in [1.82, 2.24) is 0 Å². The maximum absolute atomic E-state index is 4.61. The van der Waals surface area contributed by atoms with Gasteiger partial charge in [0.25, 0.3) is 0 Å². The minimum absolute atomic E-state index is 0.340. The van der Waals surface area contributed by atoms with Gasteiger partial charge >= 0.3 is 0 Å². The maximum Gasteiger partial charge on any atom is 0.0630 e. The standard InChI is InChI=1S/C25H22N2/c1-2-7-18(8-3-1)17-26-20-15-13-19(14-16-20)25-23-11-6-10-21(23)22-9-4-5-12-24(22)27-25/h1-10,12-17,21,23,25,27H,11H2/t21-,23+,25+/m1/s1. The number of anilines is 1. The van der Waals surface area contributed by atoms with Crippen molar-refractivity contribution in [3.63, 3.8) is 0 Å². The molecule has 0 aromatic heterocycles. The molecule has 0 bridgehead atoms. The normalized spacial score (nSPS) is 23.0. The number of allylic oxidation sites excluding steroid dienone is 2. The predicted molar refractivity (Wildman–Crippen MR) is 113 cm³/mol. The first kappa shape index (κ1) is 16.1. The van der Waals surface area contributed by atoms with Crippen LogP contribution in [0, 0.1) is 5.92 Å². The fraction of sp³-hybridized carbons (Fsp3) is 0.160. The van der Waals surface area contributed by atoms with Crippen LogP contribution in [-0.2, 0) is 0 Å². The Morgan fingerprint density at radius 1 is 0.852 bits per heavy atom. The molecule has 3 aromatic carbocycles. The number of hydrogen-bond donors (Lipinski definition) is 1. The van der Waals surface area contributed by atoms with Crippen LogP contribution in [0.1, 0.15) is 35.1 Å². The lowest BCUT2D eigenvalue weighted by molar-refractivity contribution is 0.425. The second kappa shape index (κ2) is 6.88. The lowest BCUT2D eigenvalue weighted by Gasteiger charge is -2.37. The van der Waals surface area contributed by atoms with E-state index in [2.05, 4.69) is 83.1 Å². The Hall–Kier alpha value is -3.13. The van der Waals surface area contributed by atoms with E-state index >= 15 is 0 Å². The highest BCUT2D eigenvalue weighted by Gasteiger charge is 2.37. The Balaban J connectivity index is 1.40. The minimum atomic E-state index is 0.340. The lowest BCUT2D eigenvalue weighted by atomic mass is 9.77. The third-order valence-electron chi connectivity index (χ3n) is 5.69. The first-order chi connectivity index (χ1) is 13.4. The van der Waals surface area contributed by atoms with Gasteiger partial charge < -0.3 is 5.32 Å². The van der Waals surface area contributed by atoms with Gasteiger partial charge in [0.15, 0.2) is 0 Å². The third-order valence-corrected chi connectivity index (χ3v) is 5.69. The molecule has 132 valence electrons. The second-order valence-electron chi connectivity index (χ2n) is 7.32. The van der Waals surface area contributed by atoms with E-state index in [1.165, 1.54) is 16.8 Å². The van der Waals surface area contributed by atoms with E-state index in [0.717, 1.165) is 17.7 Å². The average Bonchev–Trinajstić information content (AvgIpc) is 3.23. The van der Waals surface area contributed by atoms with Crippen molar-refractivity contribution < 1.29 is 0 Å². The topological polar surface area (TPSA) is 24.4 Å².